The summed E-state index contributed by atoms with van der Waals surface area (Å²) in [6, 6.07) is 6.77. The molecule has 0 aliphatic carbocycles. The van der Waals surface area contributed by atoms with Crippen LogP contribution in [-0.4, -0.2) is 52.0 Å². The monoisotopic (exact) mass is 562 g/mol. The summed E-state index contributed by atoms with van der Waals surface area (Å²) in [6.07, 6.45) is -12.6. The van der Waals surface area contributed by atoms with Gasteiger partial charge in [-0.15, -0.1) is 13.2 Å². The van der Waals surface area contributed by atoms with Crippen molar-refractivity contribution in [2.24, 2.45) is 5.92 Å². The number of aromatic nitrogens is 2. The van der Waals surface area contributed by atoms with Crippen molar-refractivity contribution in [1.29, 1.82) is 0 Å². The lowest BCUT2D eigenvalue weighted by molar-refractivity contribution is -0.275. The van der Waals surface area contributed by atoms with E-state index in [0.717, 1.165) is 32.2 Å². The first-order chi connectivity index (χ1) is 18.1. The van der Waals surface area contributed by atoms with Crippen LogP contribution in [0.2, 0.25) is 0 Å². The van der Waals surface area contributed by atoms with E-state index in [9.17, 15) is 36.2 Å². The number of H-pyrrole nitrogens is 1. The molecule has 3 heterocycles. The normalized spacial score (nSPS) is 24.6. The molecule has 0 amide bonds. The Kier molecular flexibility index (Phi) is 7.34. The van der Waals surface area contributed by atoms with E-state index in [-0.39, 0.29) is 33.7 Å². The molecule has 1 aliphatic heterocycles. The molecule has 3 N–H and O–H groups in total. The molecule has 4 rings (SSSR count). The number of hydrogen-bond donors (Lipinski definition) is 3. The van der Waals surface area contributed by atoms with Crippen molar-refractivity contribution in [1.82, 2.24) is 9.97 Å². The topological polar surface area (TPSA) is 114 Å². The first-order valence-corrected chi connectivity index (χ1v) is 11.6. The molecule has 0 unspecified atom stereocenters. The number of fused-ring (bicyclic) bond motifs is 1. The number of halogens is 6. The van der Waals surface area contributed by atoms with Gasteiger partial charge in [0.25, 0.3) is 0 Å². The maximum atomic E-state index is 14.3. The average Bonchev–Trinajstić information content (AvgIpc) is 3.13. The highest BCUT2D eigenvalue weighted by atomic mass is 19.4. The second-order valence-corrected chi connectivity index (χ2v) is 9.33. The summed E-state index contributed by atoms with van der Waals surface area (Å²) in [6.45, 7) is 1.51. The van der Waals surface area contributed by atoms with Crippen LogP contribution in [0, 0.1) is 5.92 Å². The third-order valence-corrected chi connectivity index (χ3v) is 7.00. The van der Waals surface area contributed by atoms with E-state index in [1.54, 1.807) is 0 Å². The summed E-state index contributed by atoms with van der Waals surface area (Å²) in [5.41, 5.74) is -3.30. The van der Waals surface area contributed by atoms with E-state index in [1.807, 2.05) is 0 Å². The van der Waals surface area contributed by atoms with Gasteiger partial charge in [-0.05, 0) is 25.1 Å². The van der Waals surface area contributed by atoms with Crippen LogP contribution >= 0.6 is 0 Å². The average molecular weight is 562 g/mol. The summed E-state index contributed by atoms with van der Waals surface area (Å²) in [4.78, 5) is 19.9. The maximum absolute atomic E-state index is 14.3. The van der Waals surface area contributed by atoms with Gasteiger partial charge < -0.3 is 29.4 Å². The van der Waals surface area contributed by atoms with Gasteiger partial charge in [-0.25, -0.2) is 4.98 Å². The summed E-state index contributed by atoms with van der Waals surface area (Å²) in [5, 5.41) is 19.0. The molecular weight excluding hydrogens is 538 g/mol. The van der Waals surface area contributed by atoms with E-state index >= 15 is 0 Å². The van der Waals surface area contributed by atoms with Gasteiger partial charge in [0.05, 0.1) is 24.9 Å². The summed E-state index contributed by atoms with van der Waals surface area (Å²) >= 11 is 0. The lowest BCUT2D eigenvalue weighted by Crippen LogP contribution is -2.46. The SMILES string of the molecule is COc1cc(OC(F)(F)F)ccc1[C@H]1[C@H](c2cc(=O)c3nc([C@H](O)CO)ccc3[nH]2)O[C@@](C)(C(F)(F)F)[C@H]1C. The van der Waals surface area contributed by atoms with E-state index < -0.39 is 60.0 Å². The van der Waals surface area contributed by atoms with Crippen LogP contribution in [0.15, 0.2) is 41.2 Å². The lowest BCUT2D eigenvalue weighted by Gasteiger charge is -2.32. The number of aliphatic hydroxyl groups excluding tert-OH is 2. The fraction of sp³-hybridized carbons (Fsp3) is 0.440. The highest BCUT2D eigenvalue weighted by molar-refractivity contribution is 5.74. The molecule has 0 spiro atoms. The van der Waals surface area contributed by atoms with Gasteiger partial charge in [0, 0.05) is 35.2 Å². The number of ether oxygens (including phenoxy) is 3. The van der Waals surface area contributed by atoms with E-state index in [4.69, 9.17) is 14.6 Å². The van der Waals surface area contributed by atoms with Crippen molar-refractivity contribution in [3.05, 3.63) is 63.6 Å². The number of methoxy groups -OCH3 is 1. The standard InChI is InChI=1S/C25H24F6N2O6/c1-11-20(13-5-4-12(8-19(13)37-3)38-25(29,30)31)22(39-23(11,2)24(26,27)28)16-9-17(35)21-15(32-16)7-6-14(33-21)18(36)10-34/h4-9,11,18,20,22,34,36H,10H2,1-3H3,(H,32,35)/t11-,18+,20-,22-,23+/m0/s1. The van der Waals surface area contributed by atoms with Crippen LogP contribution in [0.3, 0.4) is 0 Å². The Hall–Kier alpha value is -3.36. The first-order valence-electron chi connectivity index (χ1n) is 11.6. The van der Waals surface area contributed by atoms with Crippen molar-refractivity contribution >= 4 is 11.0 Å². The van der Waals surface area contributed by atoms with Crippen molar-refractivity contribution in [2.75, 3.05) is 13.7 Å². The molecule has 1 saturated heterocycles. The third kappa shape index (κ3) is 5.28. The Morgan fingerprint density at radius 1 is 1.15 bits per heavy atom. The Labute approximate surface area is 217 Å². The van der Waals surface area contributed by atoms with E-state index in [0.29, 0.717) is 0 Å². The van der Waals surface area contributed by atoms with Gasteiger partial charge >= 0.3 is 12.5 Å². The molecule has 8 nitrogen and oxygen atoms in total. The number of nitrogens with one attached hydrogen (secondary N) is 1. The van der Waals surface area contributed by atoms with Crippen LogP contribution in [0.1, 0.15) is 48.9 Å². The smallest absolute Gasteiger partial charge is 0.496 e. The number of aliphatic hydroxyl groups is 2. The molecule has 0 saturated carbocycles. The van der Waals surface area contributed by atoms with Gasteiger partial charge in [-0.3, -0.25) is 4.79 Å². The minimum absolute atomic E-state index is 0.0161. The maximum Gasteiger partial charge on any atom is 0.573 e. The number of hydrogen-bond acceptors (Lipinski definition) is 7. The van der Waals surface area contributed by atoms with Crippen molar-refractivity contribution < 1.29 is 50.8 Å². The zero-order valence-corrected chi connectivity index (χ0v) is 20.7. The molecule has 0 radical (unpaired) electrons. The summed E-state index contributed by atoms with van der Waals surface area (Å²) in [7, 11) is 1.15. The molecule has 1 aliphatic rings. The lowest BCUT2D eigenvalue weighted by atomic mass is 9.76. The number of benzene rings is 1. The van der Waals surface area contributed by atoms with Gasteiger partial charge in [0.1, 0.15) is 29.2 Å². The number of nitrogens with zero attached hydrogens (tertiary/aromatic N) is 1. The zero-order chi connectivity index (χ0) is 28.9. The summed E-state index contributed by atoms with van der Waals surface area (Å²) in [5.74, 6) is -3.22. The van der Waals surface area contributed by atoms with Gasteiger partial charge in [0.15, 0.2) is 5.60 Å². The highest BCUT2D eigenvalue weighted by Gasteiger charge is 2.65. The van der Waals surface area contributed by atoms with Crippen LogP contribution < -0.4 is 14.9 Å². The number of alkyl halides is 6. The van der Waals surface area contributed by atoms with Gasteiger partial charge in [-0.2, -0.15) is 13.2 Å². The Balaban J connectivity index is 1.87. The molecule has 1 fully saturated rings. The second kappa shape index (κ2) is 9.99. The Morgan fingerprint density at radius 3 is 2.44 bits per heavy atom. The van der Waals surface area contributed by atoms with Crippen LogP contribution in [0.25, 0.3) is 11.0 Å². The number of rotatable bonds is 6. The van der Waals surface area contributed by atoms with Crippen LogP contribution in [0.4, 0.5) is 26.3 Å². The molecule has 0 bridgehead atoms. The predicted octanol–water partition coefficient (Wildman–Crippen LogP) is 4.67. The minimum Gasteiger partial charge on any atom is -0.496 e. The molecule has 14 heteroatoms. The van der Waals surface area contributed by atoms with Crippen LogP contribution in [0.5, 0.6) is 11.5 Å². The fourth-order valence-electron chi connectivity index (χ4n) is 4.82. The van der Waals surface area contributed by atoms with E-state index in [1.165, 1.54) is 25.1 Å². The van der Waals surface area contributed by atoms with E-state index in [2.05, 4.69) is 14.7 Å². The fourth-order valence-corrected chi connectivity index (χ4v) is 4.82. The Bertz CT molecular complexity index is 1420. The molecule has 3 aromatic rings. The summed E-state index contributed by atoms with van der Waals surface area (Å²) < 4.78 is 95.8. The number of pyridine rings is 2. The second-order valence-electron chi connectivity index (χ2n) is 9.33. The quantitative estimate of drug-likeness (QED) is 0.375. The molecule has 212 valence electrons. The molecule has 5 atom stereocenters. The Morgan fingerprint density at radius 2 is 1.85 bits per heavy atom. The van der Waals surface area contributed by atoms with Gasteiger partial charge in [0.2, 0.25) is 5.43 Å². The van der Waals surface area contributed by atoms with Gasteiger partial charge in [-0.1, -0.05) is 13.0 Å². The number of aromatic amines is 1. The van der Waals surface area contributed by atoms with Crippen molar-refractivity contribution in [2.45, 2.75) is 50.1 Å². The molecule has 1 aromatic carbocycles. The van der Waals surface area contributed by atoms with Crippen molar-refractivity contribution in [3.8, 4) is 11.5 Å². The predicted molar refractivity (Wildman–Crippen MR) is 124 cm³/mol. The van der Waals surface area contributed by atoms with Crippen molar-refractivity contribution in [3.63, 3.8) is 0 Å². The molecular formula is C25H24F6N2O6. The highest BCUT2D eigenvalue weighted by Crippen LogP contribution is 2.59. The minimum atomic E-state index is -5.00. The molecule has 39 heavy (non-hydrogen) atoms. The first kappa shape index (κ1) is 28.6. The molecule has 2 aromatic heterocycles. The van der Waals surface area contributed by atoms with Crippen LogP contribution in [-0.2, 0) is 4.74 Å². The zero-order valence-electron chi connectivity index (χ0n) is 20.7. The largest absolute Gasteiger partial charge is 0.573 e. The third-order valence-electron chi connectivity index (χ3n) is 7.00.